The molecule has 1 aromatic carbocycles. The van der Waals surface area contributed by atoms with Gasteiger partial charge >= 0.3 is 6.09 Å². The van der Waals surface area contributed by atoms with Crippen molar-refractivity contribution in [2.45, 2.75) is 6.10 Å². The lowest BCUT2D eigenvalue weighted by Gasteiger charge is -2.56. The second-order valence-electron chi connectivity index (χ2n) is 6.28. The zero-order chi connectivity index (χ0) is 15.3. The summed E-state index contributed by atoms with van der Waals surface area (Å²) in [6, 6.07) is 4.83. The first-order valence-corrected chi connectivity index (χ1v) is 8.47. The third kappa shape index (κ3) is 2.14. The first-order valence-electron chi connectivity index (χ1n) is 7.31. The van der Waals surface area contributed by atoms with Gasteiger partial charge in [0.1, 0.15) is 11.9 Å². The minimum Gasteiger partial charge on any atom is -0.441 e. The van der Waals surface area contributed by atoms with E-state index in [0.717, 1.165) is 13.1 Å². The van der Waals surface area contributed by atoms with E-state index in [1.54, 1.807) is 12.1 Å². The van der Waals surface area contributed by atoms with Crippen LogP contribution in [0.25, 0.3) is 0 Å². The summed E-state index contributed by atoms with van der Waals surface area (Å²) in [5, 5.41) is 9.05. The van der Waals surface area contributed by atoms with Gasteiger partial charge in [0.15, 0.2) is 0 Å². The molecule has 118 valence electrons. The average Bonchev–Trinajstić information content (AvgIpc) is 2.78. The van der Waals surface area contributed by atoms with Gasteiger partial charge in [-0.2, -0.15) is 11.8 Å². The van der Waals surface area contributed by atoms with Gasteiger partial charge in [0, 0.05) is 30.0 Å². The van der Waals surface area contributed by atoms with Crippen LogP contribution in [-0.2, 0) is 4.74 Å². The van der Waals surface area contributed by atoms with Crippen molar-refractivity contribution >= 4 is 29.2 Å². The van der Waals surface area contributed by atoms with Gasteiger partial charge in [-0.3, -0.25) is 4.90 Å². The number of halogens is 1. The fourth-order valence-electron chi connectivity index (χ4n) is 3.25. The lowest BCUT2D eigenvalue weighted by Crippen LogP contribution is -2.63. The van der Waals surface area contributed by atoms with Crippen molar-refractivity contribution in [3.05, 3.63) is 24.0 Å². The van der Waals surface area contributed by atoms with Crippen LogP contribution in [0.3, 0.4) is 0 Å². The number of aliphatic hydroxyl groups is 1. The number of nitrogens with zero attached hydrogens (tertiary/aromatic N) is 2. The molecule has 3 aliphatic heterocycles. The van der Waals surface area contributed by atoms with Crippen LogP contribution in [0.15, 0.2) is 18.2 Å². The van der Waals surface area contributed by atoms with Gasteiger partial charge in [0.25, 0.3) is 0 Å². The first-order chi connectivity index (χ1) is 10.6. The monoisotopic (exact) mass is 324 g/mol. The maximum absolute atomic E-state index is 14.4. The number of rotatable bonds is 3. The number of amides is 1. The Kier molecular flexibility index (Phi) is 3.23. The predicted octanol–water partition coefficient (Wildman–Crippen LogP) is 1.70. The van der Waals surface area contributed by atoms with Crippen molar-refractivity contribution in [1.29, 1.82) is 0 Å². The molecular formula is C15H17FN2O3S. The Hall–Kier alpha value is -1.47. The van der Waals surface area contributed by atoms with Gasteiger partial charge < -0.3 is 14.7 Å². The van der Waals surface area contributed by atoms with Crippen LogP contribution in [0.1, 0.15) is 0 Å². The van der Waals surface area contributed by atoms with Crippen LogP contribution in [-0.4, -0.2) is 55.1 Å². The number of aliphatic hydroxyl groups excluding tert-OH is 1. The fourth-order valence-corrected chi connectivity index (χ4v) is 4.40. The van der Waals surface area contributed by atoms with E-state index in [0.29, 0.717) is 16.8 Å². The Bertz CT molecular complexity index is 615. The number of carbonyl (C=O) groups excluding carboxylic acids is 1. The van der Waals surface area contributed by atoms with E-state index in [4.69, 9.17) is 9.84 Å². The average molecular weight is 324 g/mol. The zero-order valence-corrected chi connectivity index (χ0v) is 12.8. The molecular weight excluding hydrogens is 307 g/mol. The Morgan fingerprint density at radius 2 is 2.18 bits per heavy atom. The molecule has 1 spiro atoms. The summed E-state index contributed by atoms with van der Waals surface area (Å²) in [4.78, 5) is 15.1. The molecule has 3 saturated heterocycles. The molecule has 0 aliphatic carbocycles. The van der Waals surface area contributed by atoms with Gasteiger partial charge in [-0.15, -0.1) is 0 Å². The summed E-state index contributed by atoms with van der Waals surface area (Å²) in [7, 11) is 0. The highest BCUT2D eigenvalue weighted by Gasteiger charge is 2.48. The maximum atomic E-state index is 14.4. The molecule has 0 bridgehead atoms. The molecule has 4 rings (SSSR count). The van der Waals surface area contributed by atoms with Crippen molar-refractivity contribution in [2.24, 2.45) is 5.41 Å². The molecule has 3 heterocycles. The van der Waals surface area contributed by atoms with Crippen molar-refractivity contribution in [1.82, 2.24) is 0 Å². The number of thioether (sulfide) groups is 1. The quantitative estimate of drug-likeness (QED) is 0.917. The zero-order valence-electron chi connectivity index (χ0n) is 12.0. The van der Waals surface area contributed by atoms with Gasteiger partial charge in [0.2, 0.25) is 0 Å². The van der Waals surface area contributed by atoms with Crippen LogP contribution in [0.2, 0.25) is 0 Å². The van der Waals surface area contributed by atoms with Crippen LogP contribution >= 0.6 is 11.8 Å². The van der Waals surface area contributed by atoms with Crippen LogP contribution in [0, 0.1) is 11.2 Å². The normalized spacial score (nSPS) is 25.9. The van der Waals surface area contributed by atoms with Crippen LogP contribution in [0.4, 0.5) is 20.6 Å². The summed E-state index contributed by atoms with van der Waals surface area (Å²) >= 11 is 1.94. The van der Waals surface area contributed by atoms with Crippen molar-refractivity contribution in [2.75, 3.05) is 47.5 Å². The molecule has 22 heavy (non-hydrogen) atoms. The summed E-state index contributed by atoms with van der Waals surface area (Å²) < 4.78 is 19.4. The molecule has 1 atom stereocenters. The largest absolute Gasteiger partial charge is 0.441 e. The minimum absolute atomic E-state index is 0.226. The molecule has 0 radical (unpaired) electrons. The lowest BCUT2D eigenvalue weighted by atomic mass is 9.82. The fraction of sp³-hybridized carbons (Fsp3) is 0.533. The molecule has 5 nitrogen and oxygen atoms in total. The first kappa shape index (κ1) is 14.1. The standard InChI is InChI=1S/C15H17FN2O3S/c16-12-3-10(18-4-11(5-19)21-14(18)20)1-2-13(12)17-6-15(7-17)8-22-9-15/h1-3,11,19H,4-9H2. The van der Waals surface area contributed by atoms with Gasteiger partial charge in [-0.25, -0.2) is 9.18 Å². The van der Waals surface area contributed by atoms with Crippen molar-refractivity contribution < 1.29 is 19.0 Å². The Balaban J connectivity index is 1.50. The Labute approximate surface area is 132 Å². The number of benzene rings is 1. The van der Waals surface area contributed by atoms with Gasteiger partial charge in [-0.1, -0.05) is 0 Å². The summed E-state index contributed by atoms with van der Waals surface area (Å²) in [6.07, 6.45) is -1.08. The highest BCUT2D eigenvalue weighted by atomic mass is 32.2. The van der Waals surface area contributed by atoms with Crippen molar-refractivity contribution in [3.8, 4) is 0 Å². The van der Waals surface area contributed by atoms with E-state index in [9.17, 15) is 9.18 Å². The van der Waals surface area contributed by atoms with Crippen LogP contribution in [0.5, 0.6) is 0 Å². The van der Waals surface area contributed by atoms with Gasteiger partial charge in [-0.05, 0) is 18.2 Å². The molecule has 1 unspecified atom stereocenters. The summed E-state index contributed by atoms with van der Waals surface area (Å²) in [5.74, 6) is 2.02. The molecule has 3 fully saturated rings. The van der Waals surface area contributed by atoms with E-state index in [2.05, 4.69) is 4.90 Å². The number of ether oxygens (including phenoxy) is 1. The van der Waals surface area contributed by atoms with Gasteiger partial charge in [0.05, 0.1) is 24.5 Å². The molecule has 0 saturated carbocycles. The molecule has 0 aromatic heterocycles. The Morgan fingerprint density at radius 3 is 2.73 bits per heavy atom. The molecule has 1 amide bonds. The SMILES string of the molecule is O=C1OC(CO)CN1c1ccc(N2CC3(CSC3)C2)c(F)c1. The molecule has 3 aliphatic rings. The van der Waals surface area contributed by atoms with E-state index in [1.165, 1.54) is 22.5 Å². The third-order valence-corrected chi connectivity index (χ3v) is 6.16. The third-order valence-electron chi connectivity index (χ3n) is 4.53. The Morgan fingerprint density at radius 1 is 1.41 bits per heavy atom. The smallest absolute Gasteiger partial charge is 0.414 e. The lowest BCUT2D eigenvalue weighted by molar-refractivity contribution is 0.0963. The highest BCUT2D eigenvalue weighted by Crippen LogP contribution is 2.47. The molecule has 1 N–H and O–H groups in total. The summed E-state index contributed by atoms with van der Waals surface area (Å²) in [5.41, 5.74) is 1.47. The second kappa shape index (κ2) is 5.03. The highest BCUT2D eigenvalue weighted by molar-refractivity contribution is 8.00. The van der Waals surface area contributed by atoms with E-state index < -0.39 is 12.2 Å². The van der Waals surface area contributed by atoms with Crippen LogP contribution < -0.4 is 9.80 Å². The second-order valence-corrected chi connectivity index (χ2v) is 7.27. The van der Waals surface area contributed by atoms with E-state index in [-0.39, 0.29) is 19.0 Å². The predicted molar refractivity (Wildman–Crippen MR) is 83.1 cm³/mol. The number of hydrogen-bond acceptors (Lipinski definition) is 5. The number of anilines is 2. The number of carbonyl (C=O) groups is 1. The number of hydrogen-bond donors (Lipinski definition) is 1. The minimum atomic E-state index is -0.541. The van der Waals surface area contributed by atoms with Crippen molar-refractivity contribution in [3.63, 3.8) is 0 Å². The molecule has 1 aromatic rings. The maximum Gasteiger partial charge on any atom is 0.414 e. The molecule has 7 heteroatoms. The van der Waals surface area contributed by atoms with E-state index in [1.807, 2.05) is 11.8 Å². The topological polar surface area (TPSA) is 53.0 Å². The van der Waals surface area contributed by atoms with E-state index >= 15 is 0 Å². The summed E-state index contributed by atoms with van der Waals surface area (Å²) in [6.45, 7) is 1.85. The number of cyclic esters (lactones) is 1.